The van der Waals surface area contributed by atoms with Crippen LogP contribution in [-0.4, -0.2) is 55.0 Å². The predicted octanol–water partition coefficient (Wildman–Crippen LogP) is 2.63. The van der Waals surface area contributed by atoms with Gasteiger partial charge in [0.25, 0.3) is 0 Å². The van der Waals surface area contributed by atoms with Crippen LogP contribution in [0.2, 0.25) is 0 Å². The largest absolute Gasteiger partial charge is 0.324 e. The third kappa shape index (κ3) is 3.96. The summed E-state index contributed by atoms with van der Waals surface area (Å²) in [4.78, 5) is 15.3. The van der Waals surface area contributed by atoms with Crippen LogP contribution in [0.1, 0.15) is 12.5 Å². The molecule has 2 aromatic carbocycles. The van der Waals surface area contributed by atoms with Crippen molar-refractivity contribution < 1.29 is 13.2 Å². The Hall–Kier alpha value is -1.87. The Morgan fingerprint density at radius 1 is 1.07 bits per heavy atom. The molecule has 148 valence electrons. The summed E-state index contributed by atoms with van der Waals surface area (Å²) in [5, 5.41) is 2.63. The number of carbonyl (C=O) groups excluding carboxylic acids is 1. The van der Waals surface area contributed by atoms with Gasteiger partial charge < -0.3 is 5.32 Å². The van der Waals surface area contributed by atoms with Crippen molar-refractivity contribution >= 4 is 33.4 Å². The lowest BCUT2D eigenvalue weighted by atomic mass is 10.2. The van der Waals surface area contributed by atoms with Crippen LogP contribution >= 0.6 is 11.8 Å². The van der Waals surface area contributed by atoms with E-state index in [1.807, 2.05) is 25.1 Å². The van der Waals surface area contributed by atoms with Gasteiger partial charge in [0, 0.05) is 37.6 Å². The van der Waals surface area contributed by atoms with Crippen LogP contribution in [0.4, 0.5) is 5.69 Å². The number of amides is 1. The minimum atomic E-state index is -3.58. The van der Waals surface area contributed by atoms with Crippen LogP contribution in [0.15, 0.2) is 58.3 Å². The minimum absolute atomic E-state index is 0.0958. The van der Waals surface area contributed by atoms with E-state index in [2.05, 4.69) is 22.3 Å². The molecule has 1 N–H and O–H groups in total. The Bertz CT molecular complexity index is 971. The van der Waals surface area contributed by atoms with Gasteiger partial charge in [-0.15, -0.1) is 11.8 Å². The molecule has 0 radical (unpaired) electrons. The van der Waals surface area contributed by atoms with E-state index < -0.39 is 10.0 Å². The molecule has 0 spiro atoms. The van der Waals surface area contributed by atoms with E-state index in [4.69, 9.17) is 0 Å². The molecule has 0 aromatic heterocycles. The van der Waals surface area contributed by atoms with Gasteiger partial charge in [-0.05, 0) is 30.7 Å². The van der Waals surface area contributed by atoms with Crippen molar-refractivity contribution in [1.29, 1.82) is 0 Å². The third-order valence-corrected chi connectivity index (χ3v) is 8.17. The molecular weight excluding hydrogens is 394 g/mol. The van der Waals surface area contributed by atoms with Crippen molar-refractivity contribution in [2.75, 3.05) is 31.5 Å². The Morgan fingerprint density at radius 3 is 2.50 bits per heavy atom. The maximum Gasteiger partial charge on any atom is 0.243 e. The Kier molecular flexibility index (Phi) is 5.46. The van der Waals surface area contributed by atoms with Crippen LogP contribution in [0, 0.1) is 0 Å². The van der Waals surface area contributed by atoms with Crippen LogP contribution in [0.5, 0.6) is 0 Å². The van der Waals surface area contributed by atoms with E-state index in [0.29, 0.717) is 31.9 Å². The topological polar surface area (TPSA) is 69.7 Å². The van der Waals surface area contributed by atoms with Gasteiger partial charge >= 0.3 is 0 Å². The summed E-state index contributed by atoms with van der Waals surface area (Å²) in [5.74, 6) is -0.0958. The van der Waals surface area contributed by atoms with Gasteiger partial charge in [0.05, 0.1) is 15.8 Å². The van der Waals surface area contributed by atoms with Crippen molar-refractivity contribution in [2.24, 2.45) is 0 Å². The SMILES string of the molecule is CC1Sc2ccc(S(=O)(=O)N3CCN(Cc4ccccc4)CC3)cc2NC1=O. The van der Waals surface area contributed by atoms with Crippen molar-refractivity contribution in [3.8, 4) is 0 Å². The summed E-state index contributed by atoms with van der Waals surface area (Å²) in [6.07, 6.45) is 0. The summed E-state index contributed by atoms with van der Waals surface area (Å²) in [7, 11) is -3.58. The summed E-state index contributed by atoms with van der Waals surface area (Å²) in [6.45, 7) is 4.98. The quantitative estimate of drug-likeness (QED) is 0.828. The molecule has 2 aromatic rings. The normalized spacial score (nSPS) is 21.2. The molecule has 1 amide bonds. The smallest absolute Gasteiger partial charge is 0.243 e. The van der Waals surface area contributed by atoms with Crippen LogP contribution in [-0.2, 0) is 21.4 Å². The van der Waals surface area contributed by atoms with E-state index in [1.165, 1.54) is 21.6 Å². The van der Waals surface area contributed by atoms with Gasteiger partial charge in [0.15, 0.2) is 0 Å². The van der Waals surface area contributed by atoms with E-state index in [0.717, 1.165) is 11.4 Å². The number of benzene rings is 2. The van der Waals surface area contributed by atoms with E-state index >= 15 is 0 Å². The monoisotopic (exact) mass is 417 g/mol. The number of sulfonamides is 1. The molecule has 28 heavy (non-hydrogen) atoms. The number of nitrogens with zero attached hydrogens (tertiary/aromatic N) is 2. The number of thioether (sulfide) groups is 1. The summed E-state index contributed by atoms with van der Waals surface area (Å²) in [6, 6.07) is 15.2. The zero-order valence-corrected chi connectivity index (χ0v) is 17.3. The molecule has 4 rings (SSSR count). The second kappa shape index (κ2) is 7.87. The van der Waals surface area contributed by atoms with Crippen molar-refractivity contribution in [2.45, 2.75) is 28.5 Å². The second-order valence-electron chi connectivity index (χ2n) is 7.07. The Balaban J connectivity index is 1.45. The van der Waals surface area contributed by atoms with E-state index in [-0.39, 0.29) is 16.1 Å². The average Bonchev–Trinajstić information content (AvgIpc) is 2.70. The highest BCUT2D eigenvalue weighted by atomic mass is 32.2. The Morgan fingerprint density at radius 2 is 1.79 bits per heavy atom. The summed E-state index contributed by atoms with van der Waals surface area (Å²) in [5.41, 5.74) is 1.81. The van der Waals surface area contributed by atoms with Crippen LogP contribution in [0.25, 0.3) is 0 Å². The molecule has 1 unspecified atom stereocenters. The number of nitrogens with one attached hydrogen (secondary N) is 1. The molecule has 1 saturated heterocycles. The first kappa shape index (κ1) is 19.4. The number of hydrogen-bond acceptors (Lipinski definition) is 5. The van der Waals surface area contributed by atoms with E-state index in [1.54, 1.807) is 18.2 Å². The molecule has 2 aliphatic rings. The third-order valence-electron chi connectivity index (χ3n) is 5.10. The number of carbonyl (C=O) groups is 1. The molecule has 1 atom stereocenters. The molecule has 0 saturated carbocycles. The first-order chi connectivity index (χ1) is 13.4. The maximum atomic E-state index is 13.1. The molecule has 6 nitrogen and oxygen atoms in total. The minimum Gasteiger partial charge on any atom is -0.324 e. The zero-order valence-electron chi connectivity index (χ0n) is 15.7. The zero-order chi connectivity index (χ0) is 19.7. The number of fused-ring (bicyclic) bond motifs is 1. The van der Waals surface area contributed by atoms with E-state index in [9.17, 15) is 13.2 Å². The lowest BCUT2D eigenvalue weighted by Gasteiger charge is -2.34. The highest BCUT2D eigenvalue weighted by molar-refractivity contribution is 8.01. The fraction of sp³-hybridized carbons (Fsp3) is 0.350. The van der Waals surface area contributed by atoms with Gasteiger partial charge in [0.2, 0.25) is 15.9 Å². The average molecular weight is 418 g/mol. The van der Waals surface area contributed by atoms with Crippen LogP contribution in [0.3, 0.4) is 0 Å². The van der Waals surface area contributed by atoms with Gasteiger partial charge in [-0.25, -0.2) is 8.42 Å². The molecule has 2 aliphatic heterocycles. The lowest BCUT2D eigenvalue weighted by Crippen LogP contribution is -2.48. The highest BCUT2D eigenvalue weighted by Crippen LogP contribution is 2.37. The van der Waals surface area contributed by atoms with Crippen molar-refractivity contribution in [1.82, 2.24) is 9.21 Å². The van der Waals surface area contributed by atoms with Crippen LogP contribution < -0.4 is 5.32 Å². The van der Waals surface area contributed by atoms with Crippen molar-refractivity contribution in [3.05, 3.63) is 54.1 Å². The Labute approximate surface area is 170 Å². The maximum absolute atomic E-state index is 13.1. The van der Waals surface area contributed by atoms with Crippen molar-refractivity contribution in [3.63, 3.8) is 0 Å². The van der Waals surface area contributed by atoms with Gasteiger partial charge in [-0.1, -0.05) is 30.3 Å². The molecule has 0 bridgehead atoms. The standard InChI is InChI=1S/C20H23N3O3S2/c1-15-20(24)21-18-13-17(7-8-19(18)27-15)28(25,26)23-11-9-22(10-12-23)14-16-5-3-2-4-6-16/h2-8,13,15H,9-12,14H2,1H3,(H,21,24). The lowest BCUT2D eigenvalue weighted by molar-refractivity contribution is -0.115. The predicted molar refractivity (Wildman–Crippen MR) is 111 cm³/mol. The molecule has 1 fully saturated rings. The summed E-state index contributed by atoms with van der Waals surface area (Å²) < 4.78 is 27.7. The number of hydrogen-bond donors (Lipinski definition) is 1. The molecular formula is C20H23N3O3S2. The first-order valence-corrected chi connectivity index (χ1v) is 11.6. The molecule has 0 aliphatic carbocycles. The molecule has 2 heterocycles. The van der Waals surface area contributed by atoms with Gasteiger partial charge in [0.1, 0.15) is 0 Å². The van der Waals surface area contributed by atoms with Gasteiger partial charge in [-0.3, -0.25) is 9.69 Å². The number of anilines is 1. The number of rotatable bonds is 4. The summed E-state index contributed by atoms with van der Waals surface area (Å²) >= 11 is 1.45. The first-order valence-electron chi connectivity index (χ1n) is 9.31. The molecule has 8 heteroatoms. The van der Waals surface area contributed by atoms with Gasteiger partial charge in [-0.2, -0.15) is 4.31 Å². The highest BCUT2D eigenvalue weighted by Gasteiger charge is 2.30. The fourth-order valence-electron chi connectivity index (χ4n) is 3.47. The fourth-order valence-corrected chi connectivity index (χ4v) is 5.85. The number of piperazine rings is 1. The second-order valence-corrected chi connectivity index (χ2v) is 10.4.